The zero-order valence-electron chi connectivity index (χ0n) is 11.6. The summed E-state index contributed by atoms with van der Waals surface area (Å²) in [6.07, 6.45) is 0. The van der Waals surface area contributed by atoms with Crippen molar-refractivity contribution >= 4 is 12.0 Å². The van der Waals surface area contributed by atoms with Crippen LogP contribution in [0, 0.1) is 23.7 Å². The van der Waals surface area contributed by atoms with Gasteiger partial charge in [-0.3, -0.25) is 4.79 Å². The van der Waals surface area contributed by atoms with Crippen LogP contribution >= 0.6 is 0 Å². The van der Waals surface area contributed by atoms with Crippen molar-refractivity contribution in [3.63, 3.8) is 0 Å². The molecule has 2 N–H and O–H groups in total. The minimum Gasteiger partial charge on any atom is -0.481 e. The van der Waals surface area contributed by atoms with E-state index in [1.54, 1.807) is 4.90 Å². The van der Waals surface area contributed by atoms with Crippen LogP contribution in [0.1, 0.15) is 27.7 Å². The maximum absolute atomic E-state index is 11.9. The number of likely N-dealkylation sites (tertiary alicyclic amines) is 1. The van der Waals surface area contributed by atoms with E-state index in [9.17, 15) is 9.59 Å². The number of nitrogens with one attached hydrogen (secondary N) is 1. The molecule has 0 radical (unpaired) electrons. The van der Waals surface area contributed by atoms with Crippen LogP contribution in [-0.2, 0) is 4.79 Å². The van der Waals surface area contributed by atoms with Gasteiger partial charge in [-0.05, 0) is 17.8 Å². The normalized spacial score (nSPS) is 25.3. The van der Waals surface area contributed by atoms with Gasteiger partial charge in [-0.1, -0.05) is 27.7 Å². The number of rotatable bonds is 4. The largest absolute Gasteiger partial charge is 0.481 e. The van der Waals surface area contributed by atoms with Crippen molar-refractivity contribution in [2.75, 3.05) is 19.6 Å². The first kappa shape index (κ1) is 14.8. The lowest BCUT2D eigenvalue weighted by Gasteiger charge is -2.20. The maximum Gasteiger partial charge on any atom is 0.317 e. The molecule has 0 aromatic heterocycles. The molecule has 2 amide bonds. The molecule has 1 fully saturated rings. The van der Waals surface area contributed by atoms with Crippen molar-refractivity contribution in [3.05, 3.63) is 0 Å². The number of hydrogen-bond acceptors (Lipinski definition) is 2. The molecule has 0 bridgehead atoms. The van der Waals surface area contributed by atoms with E-state index in [0.29, 0.717) is 31.5 Å². The summed E-state index contributed by atoms with van der Waals surface area (Å²) in [5.74, 6) is -0.277. The monoisotopic (exact) mass is 256 g/mol. The highest BCUT2D eigenvalue weighted by Crippen LogP contribution is 2.23. The Hall–Kier alpha value is -1.26. The Kier molecular flexibility index (Phi) is 4.99. The molecule has 1 heterocycles. The molecule has 104 valence electrons. The summed E-state index contributed by atoms with van der Waals surface area (Å²) in [6, 6.07) is -0.141. The van der Waals surface area contributed by atoms with Crippen LogP contribution in [0.3, 0.4) is 0 Å². The minimum absolute atomic E-state index is 0.0239. The van der Waals surface area contributed by atoms with Crippen molar-refractivity contribution in [1.82, 2.24) is 10.2 Å². The summed E-state index contributed by atoms with van der Waals surface area (Å²) < 4.78 is 0. The summed E-state index contributed by atoms with van der Waals surface area (Å²) in [4.78, 5) is 24.5. The van der Waals surface area contributed by atoms with Crippen LogP contribution in [0.25, 0.3) is 0 Å². The molecule has 5 heteroatoms. The standard InChI is InChI=1S/C13H24N2O3/c1-8(2)9(3)5-14-13(18)15-6-10(4)11(7-15)12(16)17/h8-11H,5-7H2,1-4H3,(H,14,18)(H,16,17)/t9?,10-,11-/m1/s1. The predicted octanol–water partition coefficient (Wildman–Crippen LogP) is 1.64. The fraction of sp³-hybridized carbons (Fsp3) is 0.846. The zero-order valence-corrected chi connectivity index (χ0v) is 11.6. The molecule has 1 aliphatic rings. The molecule has 0 aromatic rings. The van der Waals surface area contributed by atoms with Crippen LogP contribution in [0.5, 0.6) is 0 Å². The Morgan fingerprint density at radius 1 is 1.33 bits per heavy atom. The second-order valence-corrected chi connectivity index (χ2v) is 5.73. The van der Waals surface area contributed by atoms with Crippen molar-refractivity contribution in [1.29, 1.82) is 0 Å². The third kappa shape index (κ3) is 3.62. The second-order valence-electron chi connectivity index (χ2n) is 5.73. The first-order valence-corrected chi connectivity index (χ1v) is 6.58. The molecule has 0 aliphatic carbocycles. The molecule has 0 saturated carbocycles. The highest BCUT2D eigenvalue weighted by atomic mass is 16.4. The van der Waals surface area contributed by atoms with Gasteiger partial charge in [-0.25, -0.2) is 4.79 Å². The number of urea groups is 1. The van der Waals surface area contributed by atoms with Gasteiger partial charge in [0, 0.05) is 19.6 Å². The molecule has 5 nitrogen and oxygen atoms in total. The molecular formula is C13H24N2O3. The number of amides is 2. The zero-order chi connectivity index (χ0) is 13.9. The third-order valence-corrected chi connectivity index (χ3v) is 3.93. The van der Waals surface area contributed by atoms with Gasteiger partial charge in [0.25, 0.3) is 0 Å². The summed E-state index contributed by atoms with van der Waals surface area (Å²) in [7, 11) is 0. The Labute approximate surface area is 109 Å². The summed E-state index contributed by atoms with van der Waals surface area (Å²) in [5.41, 5.74) is 0. The predicted molar refractivity (Wildman–Crippen MR) is 69.3 cm³/mol. The number of hydrogen-bond donors (Lipinski definition) is 2. The number of nitrogens with zero attached hydrogens (tertiary/aromatic N) is 1. The van der Waals surface area contributed by atoms with Gasteiger partial charge >= 0.3 is 12.0 Å². The smallest absolute Gasteiger partial charge is 0.317 e. The molecule has 0 aromatic carbocycles. The van der Waals surface area contributed by atoms with E-state index in [4.69, 9.17) is 5.11 Å². The van der Waals surface area contributed by atoms with Crippen LogP contribution in [-0.4, -0.2) is 41.6 Å². The van der Waals surface area contributed by atoms with E-state index in [-0.39, 0.29) is 11.9 Å². The topological polar surface area (TPSA) is 69.6 Å². The van der Waals surface area contributed by atoms with Crippen LogP contribution in [0.15, 0.2) is 0 Å². The van der Waals surface area contributed by atoms with Gasteiger partial charge < -0.3 is 15.3 Å². The number of carbonyl (C=O) groups excluding carboxylic acids is 1. The quantitative estimate of drug-likeness (QED) is 0.803. The number of carbonyl (C=O) groups is 2. The first-order chi connectivity index (χ1) is 8.32. The van der Waals surface area contributed by atoms with Crippen molar-refractivity contribution in [3.8, 4) is 0 Å². The molecule has 1 saturated heterocycles. The van der Waals surface area contributed by atoms with E-state index in [2.05, 4.69) is 26.1 Å². The van der Waals surface area contributed by atoms with E-state index in [1.165, 1.54) is 0 Å². The van der Waals surface area contributed by atoms with E-state index in [0.717, 1.165) is 0 Å². The summed E-state index contributed by atoms with van der Waals surface area (Å²) in [6.45, 7) is 9.70. The Balaban J connectivity index is 2.42. The number of carboxylic acid groups (broad SMARTS) is 1. The Bertz CT molecular complexity index is 317. The molecule has 0 spiro atoms. The number of aliphatic carboxylic acids is 1. The lowest BCUT2D eigenvalue weighted by atomic mass is 9.98. The molecule has 1 rings (SSSR count). The van der Waals surface area contributed by atoms with E-state index < -0.39 is 11.9 Å². The van der Waals surface area contributed by atoms with Crippen LogP contribution < -0.4 is 5.32 Å². The van der Waals surface area contributed by atoms with Gasteiger partial charge in [0.15, 0.2) is 0 Å². The van der Waals surface area contributed by atoms with Gasteiger partial charge in [-0.2, -0.15) is 0 Å². The highest BCUT2D eigenvalue weighted by molar-refractivity contribution is 5.77. The van der Waals surface area contributed by atoms with Gasteiger partial charge in [0.05, 0.1) is 5.92 Å². The molecule has 3 atom stereocenters. The minimum atomic E-state index is -0.812. The van der Waals surface area contributed by atoms with E-state index >= 15 is 0 Å². The van der Waals surface area contributed by atoms with Gasteiger partial charge in [0.2, 0.25) is 0 Å². The average Bonchev–Trinajstić information content (AvgIpc) is 2.67. The van der Waals surface area contributed by atoms with Crippen molar-refractivity contribution in [2.45, 2.75) is 27.7 Å². The average molecular weight is 256 g/mol. The molecule has 1 unspecified atom stereocenters. The molecule has 1 aliphatic heterocycles. The van der Waals surface area contributed by atoms with Crippen LogP contribution in [0.4, 0.5) is 4.79 Å². The highest BCUT2D eigenvalue weighted by Gasteiger charge is 2.36. The lowest BCUT2D eigenvalue weighted by Crippen LogP contribution is -2.41. The first-order valence-electron chi connectivity index (χ1n) is 6.58. The van der Waals surface area contributed by atoms with Crippen LogP contribution in [0.2, 0.25) is 0 Å². The Morgan fingerprint density at radius 2 is 1.94 bits per heavy atom. The fourth-order valence-electron chi connectivity index (χ4n) is 2.05. The lowest BCUT2D eigenvalue weighted by molar-refractivity contribution is -0.142. The summed E-state index contributed by atoms with van der Waals surface area (Å²) in [5, 5.41) is 11.9. The second kappa shape index (κ2) is 6.07. The van der Waals surface area contributed by atoms with Gasteiger partial charge in [0.1, 0.15) is 0 Å². The van der Waals surface area contributed by atoms with E-state index in [1.807, 2.05) is 6.92 Å². The van der Waals surface area contributed by atoms with Crippen molar-refractivity contribution < 1.29 is 14.7 Å². The fourth-order valence-corrected chi connectivity index (χ4v) is 2.05. The van der Waals surface area contributed by atoms with Crippen molar-refractivity contribution in [2.24, 2.45) is 23.7 Å². The molecule has 18 heavy (non-hydrogen) atoms. The molecular weight excluding hydrogens is 232 g/mol. The third-order valence-electron chi connectivity index (χ3n) is 3.93. The Morgan fingerprint density at radius 3 is 2.39 bits per heavy atom. The van der Waals surface area contributed by atoms with Gasteiger partial charge in [-0.15, -0.1) is 0 Å². The SMILES string of the molecule is CC(C)C(C)CNC(=O)N1C[C@@H](C)[C@H](C(=O)O)C1. The summed E-state index contributed by atoms with van der Waals surface area (Å²) >= 11 is 0. The number of carboxylic acids is 1. The maximum atomic E-state index is 11.9.